The van der Waals surface area contributed by atoms with Gasteiger partial charge in [0.25, 0.3) is 0 Å². The molecule has 0 aromatic rings. The standard InChI is InChI=1S/C8H16N2O/c1-6-3-2-4-7(5-6)8(11)10-9/h6-7H,2-5,9H2,1H3,(H,10,11)/t6-,7-/m0/s1. The zero-order chi connectivity index (χ0) is 8.27. The van der Waals surface area contributed by atoms with Gasteiger partial charge in [-0.1, -0.05) is 19.8 Å². The molecule has 1 fully saturated rings. The maximum absolute atomic E-state index is 11.1. The first-order valence-corrected chi connectivity index (χ1v) is 4.24. The molecule has 3 nitrogen and oxygen atoms in total. The smallest absolute Gasteiger partial charge is 0.236 e. The summed E-state index contributed by atoms with van der Waals surface area (Å²) in [6.45, 7) is 2.19. The van der Waals surface area contributed by atoms with Crippen LogP contribution in [0.3, 0.4) is 0 Å². The van der Waals surface area contributed by atoms with Crippen molar-refractivity contribution in [2.45, 2.75) is 32.6 Å². The number of amides is 1. The summed E-state index contributed by atoms with van der Waals surface area (Å²) in [6.07, 6.45) is 4.43. The van der Waals surface area contributed by atoms with Gasteiger partial charge in [0, 0.05) is 5.92 Å². The molecule has 2 atom stereocenters. The number of carbonyl (C=O) groups is 1. The predicted molar refractivity (Wildman–Crippen MR) is 43.5 cm³/mol. The van der Waals surface area contributed by atoms with E-state index in [0.29, 0.717) is 5.92 Å². The van der Waals surface area contributed by atoms with E-state index in [1.807, 2.05) is 0 Å². The molecule has 0 spiro atoms. The van der Waals surface area contributed by atoms with Crippen molar-refractivity contribution in [3.63, 3.8) is 0 Å². The third kappa shape index (κ3) is 2.19. The van der Waals surface area contributed by atoms with E-state index < -0.39 is 0 Å². The Kier molecular flexibility index (Phi) is 2.88. The lowest BCUT2D eigenvalue weighted by Gasteiger charge is -2.24. The summed E-state index contributed by atoms with van der Waals surface area (Å²) < 4.78 is 0. The van der Waals surface area contributed by atoms with Gasteiger partial charge in [-0.05, 0) is 18.8 Å². The predicted octanol–water partition coefficient (Wildman–Crippen LogP) is 0.803. The van der Waals surface area contributed by atoms with Crippen LogP contribution in [0.15, 0.2) is 0 Å². The Bertz CT molecular complexity index is 147. The van der Waals surface area contributed by atoms with Gasteiger partial charge in [0.15, 0.2) is 0 Å². The lowest BCUT2D eigenvalue weighted by molar-refractivity contribution is -0.126. The summed E-state index contributed by atoms with van der Waals surface area (Å²) in [6, 6.07) is 0. The van der Waals surface area contributed by atoms with Gasteiger partial charge in [-0.15, -0.1) is 0 Å². The maximum Gasteiger partial charge on any atom is 0.236 e. The van der Waals surface area contributed by atoms with Crippen molar-refractivity contribution in [1.29, 1.82) is 0 Å². The molecule has 0 bridgehead atoms. The Balaban J connectivity index is 2.39. The average Bonchev–Trinajstić information content (AvgIpc) is 2.03. The van der Waals surface area contributed by atoms with Crippen LogP contribution in [0.2, 0.25) is 0 Å². The van der Waals surface area contributed by atoms with E-state index in [-0.39, 0.29) is 11.8 Å². The van der Waals surface area contributed by atoms with Gasteiger partial charge in [0.1, 0.15) is 0 Å². The second-order valence-electron chi connectivity index (χ2n) is 3.48. The minimum absolute atomic E-state index is 0.0107. The highest BCUT2D eigenvalue weighted by atomic mass is 16.2. The van der Waals surface area contributed by atoms with Crippen molar-refractivity contribution < 1.29 is 4.79 Å². The number of carbonyl (C=O) groups excluding carboxylic acids is 1. The molecule has 11 heavy (non-hydrogen) atoms. The summed E-state index contributed by atoms with van der Waals surface area (Å²) in [5.41, 5.74) is 2.22. The molecule has 1 aliphatic carbocycles. The quantitative estimate of drug-likeness (QED) is 0.335. The highest BCUT2D eigenvalue weighted by molar-refractivity contribution is 5.77. The second-order valence-corrected chi connectivity index (χ2v) is 3.48. The molecule has 1 aliphatic rings. The Morgan fingerprint density at radius 3 is 2.82 bits per heavy atom. The first-order valence-electron chi connectivity index (χ1n) is 4.24. The number of nitrogens with two attached hydrogens (primary N) is 1. The van der Waals surface area contributed by atoms with Crippen molar-refractivity contribution >= 4 is 5.91 Å². The summed E-state index contributed by atoms with van der Waals surface area (Å²) in [5.74, 6) is 5.92. The van der Waals surface area contributed by atoms with Crippen LogP contribution in [0.25, 0.3) is 0 Å². The molecule has 0 aliphatic heterocycles. The first-order chi connectivity index (χ1) is 5.24. The highest BCUT2D eigenvalue weighted by Gasteiger charge is 2.23. The second kappa shape index (κ2) is 3.72. The molecular formula is C8H16N2O. The Morgan fingerprint density at radius 1 is 1.55 bits per heavy atom. The van der Waals surface area contributed by atoms with Crippen LogP contribution in [0.4, 0.5) is 0 Å². The van der Waals surface area contributed by atoms with Gasteiger partial charge in [-0.2, -0.15) is 0 Å². The topological polar surface area (TPSA) is 55.1 Å². The number of nitrogens with one attached hydrogen (secondary N) is 1. The molecule has 1 amide bonds. The number of rotatable bonds is 1. The number of hydrogen-bond donors (Lipinski definition) is 2. The fraction of sp³-hybridized carbons (Fsp3) is 0.875. The molecule has 0 heterocycles. The van der Waals surface area contributed by atoms with Gasteiger partial charge in [-0.3, -0.25) is 10.2 Å². The van der Waals surface area contributed by atoms with Crippen LogP contribution in [-0.2, 0) is 4.79 Å². The van der Waals surface area contributed by atoms with Crippen molar-refractivity contribution in [3.05, 3.63) is 0 Å². The van der Waals surface area contributed by atoms with Crippen LogP contribution in [0, 0.1) is 11.8 Å². The molecule has 3 heteroatoms. The summed E-state index contributed by atoms with van der Waals surface area (Å²) in [4.78, 5) is 11.1. The highest BCUT2D eigenvalue weighted by Crippen LogP contribution is 2.28. The van der Waals surface area contributed by atoms with Gasteiger partial charge in [-0.25, -0.2) is 5.84 Å². The van der Waals surface area contributed by atoms with Gasteiger partial charge >= 0.3 is 0 Å². The molecule has 3 N–H and O–H groups in total. The van der Waals surface area contributed by atoms with E-state index in [0.717, 1.165) is 12.8 Å². The summed E-state index contributed by atoms with van der Waals surface area (Å²) >= 11 is 0. The van der Waals surface area contributed by atoms with E-state index >= 15 is 0 Å². The SMILES string of the molecule is C[C@H]1CCC[C@H](C(=O)NN)C1. The van der Waals surface area contributed by atoms with E-state index in [1.165, 1.54) is 12.8 Å². The van der Waals surface area contributed by atoms with E-state index in [9.17, 15) is 4.79 Å². The third-order valence-corrected chi connectivity index (χ3v) is 2.45. The lowest BCUT2D eigenvalue weighted by Crippen LogP contribution is -2.37. The normalized spacial score (nSPS) is 31.5. The molecule has 0 aromatic heterocycles. The minimum atomic E-state index is 0.0107. The van der Waals surface area contributed by atoms with Crippen LogP contribution in [-0.4, -0.2) is 5.91 Å². The fourth-order valence-electron chi connectivity index (χ4n) is 1.79. The Morgan fingerprint density at radius 2 is 2.27 bits per heavy atom. The first kappa shape index (κ1) is 8.53. The molecule has 64 valence electrons. The van der Waals surface area contributed by atoms with Gasteiger partial charge in [0.2, 0.25) is 5.91 Å². The zero-order valence-electron chi connectivity index (χ0n) is 6.97. The van der Waals surface area contributed by atoms with Crippen LogP contribution < -0.4 is 11.3 Å². The van der Waals surface area contributed by atoms with E-state index in [4.69, 9.17) is 5.84 Å². The molecule has 1 saturated carbocycles. The van der Waals surface area contributed by atoms with Gasteiger partial charge in [0.05, 0.1) is 0 Å². The number of hydrogen-bond acceptors (Lipinski definition) is 2. The van der Waals surface area contributed by atoms with Crippen LogP contribution >= 0.6 is 0 Å². The largest absolute Gasteiger partial charge is 0.294 e. The van der Waals surface area contributed by atoms with E-state index in [2.05, 4.69) is 12.3 Å². The fourth-order valence-corrected chi connectivity index (χ4v) is 1.79. The molecule has 0 radical (unpaired) electrons. The molecule has 0 saturated heterocycles. The number of hydrazine groups is 1. The van der Waals surface area contributed by atoms with Gasteiger partial charge < -0.3 is 0 Å². The maximum atomic E-state index is 11.1. The van der Waals surface area contributed by atoms with Crippen molar-refractivity contribution in [1.82, 2.24) is 5.43 Å². The Labute approximate surface area is 67.3 Å². The summed E-state index contributed by atoms with van der Waals surface area (Å²) in [5, 5.41) is 0. The van der Waals surface area contributed by atoms with Crippen LogP contribution in [0.5, 0.6) is 0 Å². The molecule has 1 rings (SSSR count). The molecule has 0 aromatic carbocycles. The summed E-state index contributed by atoms with van der Waals surface area (Å²) in [7, 11) is 0. The Hall–Kier alpha value is -0.570. The minimum Gasteiger partial charge on any atom is -0.294 e. The van der Waals surface area contributed by atoms with Crippen molar-refractivity contribution in [2.75, 3.05) is 0 Å². The monoisotopic (exact) mass is 156 g/mol. The molecule has 0 unspecified atom stereocenters. The third-order valence-electron chi connectivity index (χ3n) is 2.45. The average molecular weight is 156 g/mol. The lowest BCUT2D eigenvalue weighted by atomic mass is 9.82. The molecular weight excluding hydrogens is 140 g/mol. The van der Waals surface area contributed by atoms with Crippen molar-refractivity contribution in [3.8, 4) is 0 Å². The van der Waals surface area contributed by atoms with Crippen LogP contribution in [0.1, 0.15) is 32.6 Å². The zero-order valence-corrected chi connectivity index (χ0v) is 6.97. The van der Waals surface area contributed by atoms with E-state index in [1.54, 1.807) is 0 Å². The van der Waals surface area contributed by atoms with Crippen molar-refractivity contribution in [2.24, 2.45) is 17.7 Å².